The Morgan fingerprint density at radius 3 is 2.21 bits per heavy atom. The van der Waals surface area contributed by atoms with E-state index in [1.807, 2.05) is 38.1 Å². The van der Waals surface area contributed by atoms with Crippen molar-refractivity contribution in [3.8, 4) is 5.75 Å². The third-order valence-electron chi connectivity index (χ3n) is 4.86. The summed E-state index contributed by atoms with van der Waals surface area (Å²) in [6.45, 7) is 2.85. The van der Waals surface area contributed by atoms with E-state index in [1.54, 1.807) is 24.3 Å². The number of aliphatic hydroxyl groups excluding tert-OH is 1. The van der Waals surface area contributed by atoms with E-state index in [9.17, 15) is 19.8 Å². The van der Waals surface area contributed by atoms with Gasteiger partial charge in [0, 0.05) is 18.7 Å². The van der Waals surface area contributed by atoms with Gasteiger partial charge in [-0.1, -0.05) is 42.0 Å². The van der Waals surface area contributed by atoms with Crippen LogP contribution in [0.3, 0.4) is 0 Å². The highest BCUT2D eigenvalue weighted by molar-refractivity contribution is 6.46. The van der Waals surface area contributed by atoms with Gasteiger partial charge in [0.2, 0.25) is 0 Å². The lowest BCUT2D eigenvalue weighted by Gasteiger charge is -2.26. The van der Waals surface area contributed by atoms with Crippen LogP contribution in [0.2, 0.25) is 0 Å². The van der Waals surface area contributed by atoms with Gasteiger partial charge in [0.15, 0.2) is 0 Å². The molecule has 2 aromatic carbocycles. The second-order valence-electron chi connectivity index (χ2n) is 7.25. The van der Waals surface area contributed by atoms with Gasteiger partial charge >= 0.3 is 0 Å². The molecule has 0 bridgehead atoms. The van der Waals surface area contributed by atoms with Gasteiger partial charge in [-0.3, -0.25) is 9.59 Å². The second kappa shape index (κ2) is 7.86. The Balaban J connectivity index is 2.13. The fraction of sp³-hybridized carbons (Fsp3) is 0.273. The number of likely N-dealkylation sites (tertiary alicyclic amines) is 1. The second-order valence-corrected chi connectivity index (χ2v) is 7.25. The van der Waals surface area contributed by atoms with E-state index in [2.05, 4.69) is 0 Å². The largest absolute Gasteiger partial charge is 0.508 e. The van der Waals surface area contributed by atoms with Crippen LogP contribution in [0.25, 0.3) is 5.76 Å². The first-order chi connectivity index (χ1) is 13.3. The van der Waals surface area contributed by atoms with E-state index >= 15 is 0 Å². The topological polar surface area (TPSA) is 81.1 Å². The number of Topliss-reactive ketones (excluding diaryl/α,β-unsaturated/α-hetero) is 1. The number of phenols is 1. The molecule has 0 radical (unpaired) electrons. The summed E-state index contributed by atoms with van der Waals surface area (Å²) in [6, 6.07) is 12.8. The number of rotatable bonds is 5. The molecule has 1 atom stereocenters. The summed E-state index contributed by atoms with van der Waals surface area (Å²) in [5.41, 5.74) is 2.24. The predicted octanol–water partition coefficient (Wildman–Crippen LogP) is 2.68. The summed E-state index contributed by atoms with van der Waals surface area (Å²) in [5, 5.41) is 20.5. The van der Waals surface area contributed by atoms with Crippen molar-refractivity contribution in [1.82, 2.24) is 9.80 Å². The number of phenolic OH excluding ortho intramolecular Hbond substituents is 1. The Morgan fingerprint density at radius 2 is 1.64 bits per heavy atom. The van der Waals surface area contributed by atoms with Gasteiger partial charge in [0.05, 0.1) is 11.6 Å². The van der Waals surface area contributed by atoms with Gasteiger partial charge in [-0.25, -0.2) is 0 Å². The first-order valence-corrected chi connectivity index (χ1v) is 9.08. The number of likely N-dealkylation sites (N-methyl/N-ethyl adjacent to an activating group) is 1. The van der Waals surface area contributed by atoms with E-state index in [4.69, 9.17) is 0 Å². The molecule has 1 heterocycles. The van der Waals surface area contributed by atoms with E-state index < -0.39 is 17.7 Å². The fourth-order valence-corrected chi connectivity index (χ4v) is 3.29. The summed E-state index contributed by atoms with van der Waals surface area (Å²) in [5.74, 6) is -1.43. The molecule has 6 heteroatoms. The summed E-state index contributed by atoms with van der Waals surface area (Å²) in [6.07, 6.45) is 0. The quantitative estimate of drug-likeness (QED) is 0.474. The fourth-order valence-electron chi connectivity index (χ4n) is 3.29. The molecule has 1 amide bonds. The Labute approximate surface area is 164 Å². The molecule has 6 nitrogen and oxygen atoms in total. The molecule has 146 valence electrons. The van der Waals surface area contributed by atoms with Crippen molar-refractivity contribution < 1.29 is 19.8 Å². The normalized spacial score (nSPS) is 18.9. The molecule has 2 aromatic rings. The average molecular weight is 380 g/mol. The third kappa shape index (κ3) is 3.77. The van der Waals surface area contributed by atoms with Crippen molar-refractivity contribution >= 4 is 17.4 Å². The minimum atomic E-state index is -0.707. The lowest BCUT2D eigenvalue weighted by Crippen LogP contribution is -2.35. The van der Waals surface area contributed by atoms with E-state index in [0.29, 0.717) is 24.2 Å². The zero-order chi connectivity index (χ0) is 20.4. The smallest absolute Gasteiger partial charge is 0.295 e. The Kier molecular flexibility index (Phi) is 5.51. The Bertz CT molecular complexity index is 915. The Hall–Kier alpha value is -3.12. The predicted molar refractivity (Wildman–Crippen MR) is 107 cm³/mol. The van der Waals surface area contributed by atoms with Crippen molar-refractivity contribution in [2.75, 3.05) is 27.2 Å². The molecule has 1 aliphatic rings. The summed E-state index contributed by atoms with van der Waals surface area (Å²) < 4.78 is 0. The van der Waals surface area contributed by atoms with Crippen LogP contribution in [0.4, 0.5) is 0 Å². The van der Waals surface area contributed by atoms with E-state index in [0.717, 1.165) is 5.56 Å². The minimum absolute atomic E-state index is 0.0679. The molecule has 0 aromatic heterocycles. The van der Waals surface area contributed by atoms with Crippen LogP contribution in [0.1, 0.15) is 22.7 Å². The van der Waals surface area contributed by atoms with Gasteiger partial charge in [-0.15, -0.1) is 0 Å². The SMILES string of the molecule is Cc1ccc(/C(O)=C2/C(=O)C(=O)N(CCN(C)C)C2c2ccc(O)cc2)cc1. The zero-order valence-corrected chi connectivity index (χ0v) is 16.2. The average Bonchev–Trinajstić information content (AvgIpc) is 2.91. The first kappa shape index (κ1) is 19.6. The highest BCUT2D eigenvalue weighted by atomic mass is 16.3. The van der Waals surface area contributed by atoms with Crippen LogP contribution in [-0.4, -0.2) is 58.9 Å². The molecular formula is C22H24N2O4. The van der Waals surface area contributed by atoms with Crippen LogP contribution < -0.4 is 0 Å². The number of ketones is 1. The van der Waals surface area contributed by atoms with Gasteiger partial charge in [0.1, 0.15) is 11.5 Å². The maximum Gasteiger partial charge on any atom is 0.295 e. The van der Waals surface area contributed by atoms with Crippen molar-refractivity contribution in [3.63, 3.8) is 0 Å². The first-order valence-electron chi connectivity index (χ1n) is 9.08. The molecular weight excluding hydrogens is 356 g/mol. The number of amides is 1. The highest BCUT2D eigenvalue weighted by Gasteiger charge is 2.45. The minimum Gasteiger partial charge on any atom is -0.508 e. The molecule has 28 heavy (non-hydrogen) atoms. The lowest BCUT2D eigenvalue weighted by molar-refractivity contribution is -0.140. The number of aliphatic hydroxyl groups is 1. The van der Waals surface area contributed by atoms with Crippen LogP contribution in [-0.2, 0) is 9.59 Å². The number of aryl methyl sites for hydroxylation is 1. The highest BCUT2D eigenvalue weighted by Crippen LogP contribution is 2.39. The molecule has 1 saturated heterocycles. The maximum atomic E-state index is 12.8. The van der Waals surface area contributed by atoms with Crippen LogP contribution in [0.5, 0.6) is 5.75 Å². The molecule has 3 rings (SSSR count). The molecule has 1 aliphatic heterocycles. The van der Waals surface area contributed by atoms with Crippen molar-refractivity contribution in [2.45, 2.75) is 13.0 Å². The lowest BCUT2D eigenvalue weighted by atomic mass is 9.95. The zero-order valence-electron chi connectivity index (χ0n) is 16.2. The number of benzene rings is 2. The van der Waals surface area contributed by atoms with Crippen molar-refractivity contribution in [3.05, 3.63) is 70.8 Å². The summed E-state index contributed by atoms with van der Waals surface area (Å²) >= 11 is 0. The van der Waals surface area contributed by atoms with E-state index in [1.165, 1.54) is 17.0 Å². The van der Waals surface area contributed by atoms with Gasteiger partial charge in [0.25, 0.3) is 11.7 Å². The van der Waals surface area contributed by atoms with Crippen LogP contribution in [0, 0.1) is 6.92 Å². The van der Waals surface area contributed by atoms with Crippen molar-refractivity contribution in [1.29, 1.82) is 0 Å². The molecule has 0 aliphatic carbocycles. The number of carbonyl (C=O) groups excluding carboxylic acids is 2. The monoisotopic (exact) mass is 380 g/mol. The number of hydrogen-bond acceptors (Lipinski definition) is 5. The third-order valence-corrected chi connectivity index (χ3v) is 4.86. The van der Waals surface area contributed by atoms with Crippen LogP contribution in [0.15, 0.2) is 54.1 Å². The maximum absolute atomic E-state index is 12.8. The van der Waals surface area contributed by atoms with E-state index in [-0.39, 0.29) is 17.1 Å². The molecule has 1 unspecified atom stereocenters. The molecule has 0 saturated carbocycles. The molecule has 2 N–H and O–H groups in total. The standard InChI is InChI=1S/C22H24N2O4/c1-14-4-6-16(7-5-14)20(26)18-19(15-8-10-17(25)11-9-15)24(13-12-23(2)3)22(28)21(18)27/h4-11,19,25-26H,12-13H2,1-3H3/b20-18-. The van der Waals surface area contributed by atoms with Gasteiger partial charge in [-0.05, 0) is 38.7 Å². The molecule has 0 spiro atoms. The summed E-state index contributed by atoms with van der Waals surface area (Å²) in [4.78, 5) is 29.0. The van der Waals surface area contributed by atoms with Crippen LogP contribution >= 0.6 is 0 Å². The number of hydrogen-bond donors (Lipinski definition) is 2. The number of aromatic hydroxyl groups is 1. The van der Waals surface area contributed by atoms with Crippen molar-refractivity contribution in [2.24, 2.45) is 0 Å². The Morgan fingerprint density at radius 1 is 1.04 bits per heavy atom. The summed E-state index contributed by atoms with van der Waals surface area (Å²) in [7, 11) is 3.77. The molecule has 1 fully saturated rings. The number of carbonyl (C=O) groups is 2. The van der Waals surface area contributed by atoms with Gasteiger partial charge < -0.3 is 20.0 Å². The number of nitrogens with zero attached hydrogens (tertiary/aromatic N) is 2. The van der Waals surface area contributed by atoms with Gasteiger partial charge in [-0.2, -0.15) is 0 Å².